The van der Waals surface area contributed by atoms with Gasteiger partial charge in [-0.3, -0.25) is 0 Å². The van der Waals surface area contributed by atoms with Gasteiger partial charge >= 0.3 is 8.56 Å². The van der Waals surface area contributed by atoms with Gasteiger partial charge in [0, 0.05) is 14.2 Å². The first kappa shape index (κ1) is 18.1. The molecule has 0 unspecified atom stereocenters. The molecule has 0 aromatic heterocycles. The third-order valence-electron chi connectivity index (χ3n) is 3.85. The summed E-state index contributed by atoms with van der Waals surface area (Å²) in [6.45, 7) is 4.43. The van der Waals surface area contributed by atoms with Crippen molar-refractivity contribution in [3.63, 3.8) is 0 Å². The summed E-state index contributed by atoms with van der Waals surface area (Å²) in [4.78, 5) is 0. The van der Waals surface area contributed by atoms with Crippen molar-refractivity contribution in [2.24, 2.45) is 0 Å². The molecule has 0 rings (SSSR count). The van der Waals surface area contributed by atoms with E-state index in [-0.39, 0.29) is 0 Å². The van der Waals surface area contributed by atoms with Gasteiger partial charge in [0.15, 0.2) is 0 Å². The van der Waals surface area contributed by atoms with Crippen molar-refractivity contribution in [3.8, 4) is 0 Å². The Hall–Kier alpha value is 0.137. The lowest BCUT2D eigenvalue weighted by atomic mass is 10.1. The molecule has 0 spiro atoms. The number of rotatable bonds is 13. The van der Waals surface area contributed by atoms with Gasteiger partial charge in [-0.25, -0.2) is 0 Å². The van der Waals surface area contributed by atoms with Crippen molar-refractivity contribution in [1.82, 2.24) is 0 Å². The first-order chi connectivity index (χ1) is 8.68. The molecule has 0 aromatic rings. The van der Waals surface area contributed by atoms with E-state index in [1.807, 2.05) is 0 Å². The first-order valence-electron chi connectivity index (χ1n) is 7.79. The molecule has 0 N–H and O–H groups in total. The summed E-state index contributed by atoms with van der Waals surface area (Å²) in [5.41, 5.74) is 0. The molecule has 0 saturated heterocycles. The van der Waals surface area contributed by atoms with Gasteiger partial charge in [-0.05, 0) is 12.6 Å². The van der Waals surface area contributed by atoms with Crippen LogP contribution in [0.3, 0.4) is 0 Å². The molecule has 0 atom stereocenters. The fourth-order valence-electron chi connectivity index (χ4n) is 2.22. The van der Waals surface area contributed by atoms with Gasteiger partial charge < -0.3 is 8.85 Å². The van der Waals surface area contributed by atoms with Crippen LogP contribution in [0.5, 0.6) is 0 Å². The molecule has 0 aromatic carbocycles. The van der Waals surface area contributed by atoms with Crippen LogP contribution in [0.4, 0.5) is 0 Å². The number of unbranched alkanes of at least 4 members (excludes halogenated alkanes) is 9. The summed E-state index contributed by atoms with van der Waals surface area (Å²) >= 11 is 0. The Bertz CT molecular complexity index is 170. The summed E-state index contributed by atoms with van der Waals surface area (Å²) < 4.78 is 11.0. The van der Waals surface area contributed by atoms with Gasteiger partial charge in [0.05, 0.1) is 0 Å². The molecule has 3 heteroatoms. The molecule has 0 radical (unpaired) electrons. The van der Waals surface area contributed by atoms with Crippen LogP contribution in [-0.2, 0) is 8.85 Å². The van der Waals surface area contributed by atoms with Crippen LogP contribution in [0.1, 0.15) is 71.1 Å². The van der Waals surface area contributed by atoms with Crippen molar-refractivity contribution in [2.75, 3.05) is 14.2 Å². The second-order valence-electron chi connectivity index (χ2n) is 5.47. The number of hydrogen-bond acceptors (Lipinski definition) is 2. The molecule has 0 heterocycles. The highest BCUT2D eigenvalue weighted by atomic mass is 28.4. The predicted octanol–water partition coefficient (Wildman–Crippen LogP) is 5.27. The Balaban J connectivity index is 3.21. The third-order valence-corrected chi connectivity index (χ3v) is 6.84. The van der Waals surface area contributed by atoms with E-state index in [1.165, 1.54) is 64.2 Å². The minimum atomic E-state index is -1.79. The average Bonchev–Trinajstić information content (AvgIpc) is 2.40. The highest BCUT2D eigenvalue weighted by molar-refractivity contribution is 6.65. The standard InChI is InChI=1S/C15H34O2Si/c1-5-6-7-8-9-10-11-12-13-14-15-18(4,16-2)17-3/h5-15H2,1-4H3. The maximum absolute atomic E-state index is 5.49. The molecular formula is C15H34O2Si. The predicted molar refractivity (Wildman–Crippen MR) is 82.3 cm³/mol. The van der Waals surface area contributed by atoms with E-state index in [0.29, 0.717) is 0 Å². The van der Waals surface area contributed by atoms with E-state index < -0.39 is 8.56 Å². The minimum absolute atomic E-state index is 1.14. The van der Waals surface area contributed by atoms with Crippen LogP contribution in [0.2, 0.25) is 12.6 Å². The normalized spacial score (nSPS) is 12.0. The Morgan fingerprint density at radius 1 is 0.667 bits per heavy atom. The molecule has 0 aliphatic rings. The maximum Gasteiger partial charge on any atom is 0.334 e. The monoisotopic (exact) mass is 274 g/mol. The van der Waals surface area contributed by atoms with Crippen LogP contribution >= 0.6 is 0 Å². The molecule has 0 aliphatic heterocycles. The topological polar surface area (TPSA) is 18.5 Å². The Morgan fingerprint density at radius 2 is 1.06 bits per heavy atom. The zero-order valence-corrected chi connectivity index (χ0v) is 14.1. The largest absolute Gasteiger partial charge is 0.398 e. The fourth-order valence-corrected chi connectivity index (χ4v) is 3.69. The van der Waals surface area contributed by atoms with E-state index in [0.717, 1.165) is 6.04 Å². The smallest absolute Gasteiger partial charge is 0.334 e. The van der Waals surface area contributed by atoms with E-state index >= 15 is 0 Å². The molecule has 0 fully saturated rings. The SMILES string of the molecule is CCCCCCCCCCCC[Si](C)(OC)OC. The second kappa shape index (κ2) is 12.2. The summed E-state index contributed by atoms with van der Waals surface area (Å²) in [7, 11) is 1.78. The van der Waals surface area contributed by atoms with Crippen molar-refractivity contribution in [1.29, 1.82) is 0 Å². The maximum atomic E-state index is 5.49. The quantitative estimate of drug-likeness (QED) is 0.336. The summed E-state index contributed by atoms with van der Waals surface area (Å²) in [6.07, 6.45) is 13.9. The first-order valence-corrected chi connectivity index (χ1v) is 10.3. The van der Waals surface area contributed by atoms with Gasteiger partial charge in [0.2, 0.25) is 0 Å². The van der Waals surface area contributed by atoms with Gasteiger partial charge in [0.25, 0.3) is 0 Å². The van der Waals surface area contributed by atoms with Crippen molar-refractivity contribution in [3.05, 3.63) is 0 Å². The summed E-state index contributed by atoms with van der Waals surface area (Å²) in [6, 6.07) is 1.14. The average molecular weight is 275 g/mol. The highest BCUT2D eigenvalue weighted by Gasteiger charge is 2.27. The van der Waals surface area contributed by atoms with E-state index in [1.54, 1.807) is 14.2 Å². The van der Waals surface area contributed by atoms with Crippen LogP contribution in [0.25, 0.3) is 0 Å². The Labute approximate surface area is 116 Å². The molecule has 0 amide bonds. The van der Waals surface area contributed by atoms with Gasteiger partial charge in [-0.1, -0.05) is 71.1 Å². The van der Waals surface area contributed by atoms with Crippen LogP contribution in [0, 0.1) is 0 Å². The van der Waals surface area contributed by atoms with E-state index in [2.05, 4.69) is 13.5 Å². The lowest BCUT2D eigenvalue weighted by Crippen LogP contribution is -2.35. The summed E-state index contributed by atoms with van der Waals surface area (Å²) in [5, 5.41) is 0. The summed E-state index contributed by atoms with van der Waals surface area (Å²) in [5.74, 6) is 0. The van der Waals surface area contributed by atoms with Gasteiger partial charge in [0.1, 0.15) is 0 Å². The molecule has 18 heavy (non-hydrogen) atoms. The highest BCUT2D eigenvalue weighted by Crippen LogP contribution is 2.17. The van der Waals surface area contributed by atoms with Crippen LogP contribution < -0.4 is 0 Å². The lowest BCUT2D eigenvalue weighted by Gasteiger charge is -2.22. The molecule has 0 saturated carbocycles. The molecule has 0 bridgehead atoms. The van der Waals surface area contributed by atoms with E-state index in [4.69, 9.17) is 8.85 Å². The van der Waals surface area contributed by atoms with Gasteiger partial charge in [-0.2, -0.15) is 0 Å². The lowest BCUT2D eigenvalue weighted by molar-refractivity contribution is 0.248. The molecule has 0 aliphatic carbocycles. The Kier molecular flexibility index (Phi) is 12.3. The molecule has 110 valence electrons. The molecule has 2 nitrogen and oxygen atoms in total. The minimum Gasteiger partial charge on any atom is -0.398 e. The van der Waals surface area contributed by atoms with Crippen LogP contribution in [-0.4, -0.2) is 22.8 Å². The fraction of sp³-hybridized carbons (Fsp3) is 1.00. The van der Waals surface area contributed by atoms with Crippen molar-refractivity contribution >= 4 is 8.56 Å². The Morgan fingerprint density at radius 3 is 1.44 bits per heavy atom. The van der Waals surface area contributed by atoms with E-state index in [9.17, 15) is 0 Å². The van der Waals surface area contributed by atoms with Crippen LogP contribution in [0.15, 0.2) is 0 Å². The molecular weight excluding hydrogens is 240 g/mol. The van der Waals surface area contributed by atoms with Crippen molar-refractivity contribution in [2.45, 2.75) is 83.7 Å². The second-order valence-corrected chi connectivity index (χ2v) is 9.06. The zero-order valence-electron chi connectivity index (χ0n) is 13.1. The van der Waals surface area contributed by atoms with Crippen molar-refractivity contribution < 1.29 is 8.85 Å². The van der Waals surface area contributed by atoms with Gasteiger partial charge in [-0.15, -0.1) is 0 Å². The zero-order chi connectivity index (χ0) is 13.7. The third kappa shape index (κ3) is 10.1. The number of hydrogen-bond donors (Lipinski definition) is 0.